The van der Waals surface area contributed by atoms with Crippen molar-refractivity contribution in [1.82, 2.24) is 5.32 Å². The van der Waals surface area contributed by atoms with Crippen LogP contribution in [0.15, 0.2) is 9.59 Å². The van der Waals surface area contributed by atoms with Gasteiger partial charge in [-0.3, -0.25) is 4.79 Å². The molecule has 1 amide bonds. The molecule has 1 N–H and O–H groups in total. The summed E-state index contributed by atoms with van der Waals surface area (Å²) in [5.74, 6) is -0.218. The molecule has 1 fully saturated rings. The maximum absolute atomic E-state index is 12.2. The summed E-state index contributed by atoms with van der Waals surface area (Å²) < 4.78 is 22.7. The van der Waals surface area contributed by atoms with Crippen molar-refractivity contribution in [3.8, 4) is 0 Å². The van der Waals surface area contributed by atoms with Crippen molar-refractivity contribution in [2.75, 3.05) is 0 Å². The molecule has 7 heteroatoms. The van der Waals surface area contributed by atoms with Crippen LogP contribution in [0.4, 0.5) is 0 Å². The number of amides is 1. The molecule has 0 spiro atoms. The van der Waals surface area contributed by atoms with Crippen LogP contribution in [0.3, 0.4) is 0 Å². The fourth-order valence-electron chi connectivity index (χ4n) is 2.49. The van der Waals surface area contributed by atoms with E-state index in [1.807, 2.05) is 6.92 Å². The second-order valence-corrected chi connectivity index (χ2v) is 8.86. The van der Waals surface area contributed by atoms with Crippen molar-refractivity contribution < 1.29 is 13.2 Å². The summed E-state index contributed by atoms with van der Waals surface area (Å²) in [7, 11) is 1.55. The zero-order chi connectivity index (χ0) is 14.3. The second-order valence-electron chi connectivity index (χ2n) is 5.22. The highest BCUT2D eigenvalue weighted by molar-refractivity contribution is 8.15. The van der Waals surface area contributed by atoms with E-state index in [0.717, 1.165) is 37.0 Å². The Bertz CT molecular complexity index is 600. The van der Waals surface area contributed by atoms with E-state index in [1.54, 1.807) is 12.3 Å². The Hall–Kier alpha value is -0.590. The van der Waals surface area contributed by atoms with Gasteiger partial charge in [0.15, 0.2) is 0 Å². The van der Waals surface area contributed by atoms with E-state index in [0.29, 0.717) is 11.1 Å². The standard InChI is InChI=1S/C12H16ClNO3S2/c1-8-9(7-18-11(8)19(13,16)17)10(15)14-12(2)5-3-4-6-12/h7H,3-6H2,1-2H3,(H,14,15). The summed E-state index contributed by atoms with van der Waals surface area (Å²) in [6.07, 6.45) is 4.15. The van der Waals surface area contributed by atoms with Gasteiger partial charge in [0.1, 0.15) is 4.21 Å². The van der Waals surface area contributed by atoms with Crippen molar-refractivity contribution in [2.24, 2.45) is 0 Å². The molecular weight excluding hydrogens is 306 g/mol. The smallest absolute Gasteiger partial charge is 0.271 e. The van der Waals surface area contributed by atoms with E-state index in [9.17, 15) is 13.2 Å². The van der Waals surface area contributed by atoms with Crippen LogP contribution in [0.5, 0.6) is 0 Å². The molecule has 2 rings (SSSR count). The third-order valence-corrected chi connectivity index (χ3v) is 6.89. The number of carbonyl (C=O) groups is 1. The Morgan fingerprint density at radius 1 is 1.42 bits per heavy atom. The maximum atomic E-state index is 12.2. The third-order valence-electron chi connectivity index (χ3n) is 3.58. The lowest BCUT2D eigenvalue weighted by Crippen LogP contribution is -2.43. The highest BCUT2D eigenvalue weighted by atomic mass is 35.7. The first-order chi connectivity index (χ1) is 8.73. The van der Waals surface area contributed by atoms with Crippen LogP contribution in [0.25, 0.3) is 0 Å². The summed E-state index contributed by atoms with van der Waals surface area (Å²) in [6, 6.07) is 0. The molecule has 1 aliphatic carbocycles. The minimum atomic E-state index is -3.78. The summed E-state index contributed by atoms with van der Waals surface area (Å²) in [6.45, 7) is 3.64. The first-order valence-electron chi connectivity index (χ1n) is 6.08. The zero-order valence-electron chi connectivity index (χ0n) is 10.8. The zero-order valence-corrected chi connectivity index (χ0v) is 13.2. The quantitative estimate of drug-likeness (QED) is 0.870. The Kier molecular flexibility index (Phi) is 3.95. The summed E-state index contributed by atoms with van der Waals surface area (Å²) >= 11 is 0.988. The minimum Gasteiger partial charge on any atom is -0.347 e. The molecule has 1 aromatic rings. The number of rotatable bonds is 3. The van der Waals surface area contributed by atoms with Gasteiger partial charge in [0.2, 0.25) is 0 Å². The first-order valence-corrected chi connectivity index (χ1v) is 9.27. The van der Waals surface area contributed by atoms with Gasteiger partial charge in [-0.2, -0.15) is 0 Å². The fourth-order valence-corrected chi connectivity index (χ4v) is 5.03. The van der Waals surface area contributed by atoms with Crippen molar-refractivity contribution in [3.63, 3.8) is 0 Å². The van der Waals surface area contributed by atoms with E-state index in [1.165, 1.54) is 0 Å². The van der Waals surface area contributed by atoms with Gasteiger partial charge in [-0.05, 0) is 32.3 Å². The topological polar surface area (TPSA) is 63.2 Å². The van der Waals surface area contributed by atoms with Crippen molar-refractivity contribution in [1.29, 1.82) is 0 Å². The third kappa shape index (κ3) is 3.12. The predicted molar refractivity (Wildman–Crippen MR) is 76.4 cm³/mol. The molecule has 106 valence electrons. The van der Waals surface area contributed by atoms with Gasteiger partial charge in [0.05, 0.1) is 5.56 Å². The molecule has 19 heavy (non-hydrogen) atoms. The van der Waals surface area contributed by atoms with Gasteiger partial charge >= 0.3 is 0 Å². The van der Waals surface area contributed by atoms with Crippen molar-refractivity contribution >= 4 is 37.0 Å². The first kappa shape index (κ1) is 14.8. The Morgan fingerprint density at radius 3 is 2.47 bits per heavy atom. The Morgan fingerprint density at radius 2 is 2.00 bits per heavy atom. The number of hydrogen-bond donors (Lipinski definition) is 1. The van der Waals surface area contributed by atoms with E-state index in [4.69, 9.17) is 10.7 Å². The molecule has 0 aromatic carbocycles. The minimum absolute atomic E-state index is 0.0518. The van der Waals surface area contributed by atoms with Crippen LogP contribution >= 0.6 is 22.0 Å². The molecule has 0 saturated heterocycles. The molecule has 0 aliphatic heterocycles. The van der Waals surface area contributed by atoms with Gasteiger partial charge < -0.3 is 5.32 Å². The molecule has 1 aromatic heterocycles. The largest absolute Gasteiger partial charge is 0.347 e. The van der Waals surface area contributed by atoms with E-state index in [-0.39, 0.29) is 15.7 Å². The Labute approximate surface area is 121 Å². The lowest BCUT2D eigenvalue weighted by atomic mass is 10.00. The molecule has 1 saturated carbocycles. The van der Waals surface area contributed by atoms with Crippen LogP contribution in [-0.4, -0.2) is 19.9 Å². The van der Waals surface area contributed by atoms with Gasteiger partial charge in [-0.25, -0.2) is 8.42 Å². The number of thiophene rings is 1. The lowest BCUT2D eigenvalue weighted by Gasteiger charge is -2.25. The van der Waals surface area contributed by atoms with Crippen LogP contribution < -0.4 is 5.32 Å². The average Bonchev–Trinajstić information content (AvgIpc) is 2.83. The summed E-state index contributed by atoms with van der Waals surface area (Å²) in [4.78, 5) is 12.2. The fraction of sp³-hybridized carbons (Fsp3) is 0.583. The molecule has 0 unspecified atom stereocenters. The van der Waals surface area contributed by atoms with Gasteiger partial charge in [0.25, 0.3) is 15.0 Å². The predicted octanol–water partition coefficient (Wildman–Crippen LogP) is 3.05. The van der Waals surface area contributed by atoms with Crippen LogP contribution in [0.2, 0.25) is 0 Å². The van der Waals surface area contributed by atoms with Crippen molar-refractivity contribution in [3.05, 3.63) is 16.5 Å². The van der Waals surface area contributed by atoms with Crippen LogP contribution in [0.1, 0.15) is 48.5 Å². The normalized spacial score (nSPS) is 18.5. The monoisotopic (exact) mass is 321 g/mol. The van der Waals surface area contributed by atoms with E-state index >= 15 is 0 Å². The molecule has 0 radical (unpaired) electrons. The van der Waals surface area contributed by atoms with Crippen LogP contribution in [-0.2, 0) is 9.05 Å². The number of carbonyl (C=O) groups excluding carboxylic acids is 1. The highest BCUT2D eigenvalue weighted by Gasteiger charge is 2.31. The SMILES string of the molecule is Cc1c(C(=O)NC2(C)CCCC2)csc1S(=O)(=O)Cl. The maximum Gasteiger partial charge on any atom is 0.271 e. The molecule has 4 nitrogen and oxygen atoms in total. The summed E-state index contributed by atoms with van der Waals surface area (Å²) in [5.41, 5.74) is 0.655. The molecule has 1 heterocycles. The van der Waals surface area contributed by atoms with Crippen LogP contribution in [0, 0.1) is 6.92 Å². The lowest BCUT2D eigenvalue weighted by molar-refractivity contribution is 0.0908. The number of hydrogen-bond acceptors (Lipinski definition) is 4. The summed E-state index contributed by atoms with van der Waals surface area (Å²) in [5, 5.41) is 4.56. The van der Waals surface area contributed by atoms with Gasteiger partial charge in [-0.15, -0.1) is 11.3 Å². The molecule has 0 atom stereocenters. The Balaban J connectivity index is 2.23. The second kappa shape index (κ2) is 5.07. The van der Waals surface area contributed by atoms with E-state index < -0.39 is 9.05 Å². The number of nitrogens with one attached hydrogen (secondary N) is 1. The highest BCUT2D eigenvalue weighted by Crippen LogP contribution is 2.32. The molecule has 0 bridgehead atoms. The van der Waals surface area contributed by atoms with E-state index in [2.05, 4.69) is 5.32 Å². The molecule has 1 aliphatic rings. The van der Waals surface area contributed by atoms with Gasteiger partial charge in [0, 0.05) is 21.6 Å². The average molecular weight is 322 g/mol. The molecular formula is C12H16ClNO3S2. The van der Waals surface area contributed by atoms with Gasteiger partial charge in [-0.1, -0.05) is 12.8 Å². The van der Waals surface area contributed by atoms with Crippen molar-refractivity contribution in [2.45, 2.75) is 49.3 Å². The number of halogens is 1.